The molecular formula is C12H23ClN2O2. The fourth-order valence-corrected chi connectivity index (χ4v) is 2.53. The lowest BCUT2D eigenvalue weighted by molar-refractivity contribution is -0.137. The minimum atomic E-state index is 0. The second-order valence-electron chi connectivity index (χ2n) is 4.83. The van der Waals surface area contributed by atoms with E-state index in [9.17, 15) is 4.79 Å². The first-order valence-electron chi connectivity index (χ1n) is 6.39. The molecule has 2 heterocycles. The van der Waals surface area contributed by atoms with Crippen LogP contribution in [0.3, 0.4) is 0 Å². The summed E-state index contributed by atoms with van der Waals surface area (Å²) in [5.74, 6) is 0.265. The van der Waals surface area contributed by atoms with Crippen LogP contribution in [0.25, 0.3) is 0 Å². The summed E-state index contributed by atoms with van der Waals surface area (Å²) < 4.78 is 5.56. The predicted octanol–water partition coefficient (Wildman–Crippen LogP) is 1.19. The van der Waals surface area contributed by atoms with Gasteiger partial charge in [0.05, 0.1) is 19.1 Å². The summed E-state index contributed by atoms with van der Waals surface area (Å²) in [5, 5.41) is 3.26. The van der Waals surface area contributed by atoms with E-state index in [0.29, 0.717) is 12.5 Å². The molecule has 2 rings (SSSR count). The van der Waals surface area contributed by atoms with E-state index in [-0.39, 0.29) is 24.4 Å². The molecule has 1 amide bonds. The highest BCUT2D eigenvalue weighted by molar-refractivity contribution is 5.85. The van der Waals surface area contributed by atoms with Gasteiger partial charge in [-0.1, -0.05) is 0 Å². The largest absolute Gasteiger partial charge is 0.375 e. The fraction of sp³-hybridized carbons (Fsp3) is 0.917. The van der Waals surface area contributed by atoms with Crippen molar-refractivity contribution in [1.29, 1.82) is 0 Å². The summed E-state index contributed by atoms with van der Waals surface area (Å²) in [6, 6.07) is 0.415. The van der Waals surface area contributed by atoms with Crippen LogP contribution in [0.4, 0.5) is 0 Å². The number of hydrogen-bond acceptors (Lipinski definition) is 3. The van der Waals surface area contributed by atoms with Crippen LogP contribution in [0, 0.1) is 0 Å². The maximum absolute atomic E-state index is 12.1. The van der Waals surface area contributed by atoms with E-state index in [1.165, 1.54) is 6.42 Å². The minimum absolute atomic E-state index is 0. The number of carbonyl (C=O) groups is 1. The van der Waals surface area contributed by atoms with Crippen molar-refractivity contribution in [2.75, 3.05) is 26.2 Å². The Balaban J connectivity index is 0.00000144. The van der Waals surface area contributed by atoms with Gasteiger partial charge in [0.1, 0.15) is 0 Å². The lowest BCUT2D eigenvalue weighted by Crippen LogP contribution is -2.46. The number of amides is 1. The number of morpholine rings is 1. The van der Waals surface area contributed by atoms with Crippen molar-refractivity contribution < 1.29 is 9.53 Å². The monoisotopic (exact) mass is 262 g/mol. The van der Waals surface area contributed by atoms with Crippen LogP contribution in [0.1, 0.15) is 32.6 Å². The van der Waals surface area contributed by atoms with E-state index in [0.717, 1.165) is 39.1 Å². The zero-order chi connectivity index (χ0) is 11.4. The van der Waals surface area contributed by atoms with Gasteiger partial charge in [0, 0.05) is 25.7 Å². The Morgan fingerprint density at radius 2 is 2.29 bits per heavy atom. The van der Waals surface area contributed by atoms with E-state index in [1.807, 2.05) is 4.90 Å². The van der Waals surface area contributed by atoms with Crippen LogP contribution in [0.15, 0.2) is 0 Å². The zero-order valence-electron chi connectivity index (χ0n) is 10.5. The van der Waals surface area contributed by atoms with E-state index in [1.54, 1.807) is 0 Å². The number of nitrogens with zero attached hydrogens (tertiary/aromatic N) is 1. The van der Waals surface area contributed by atoms with Crippen LogP contribution in [-0.2, 0) is 9.53 Å². The molecule has 0 aromatic rings. The molecular weight excluding hydrogens is 240 g/mol. The summed E-state index contributed by atoms with van der Waals surface area (Å²) >= 11 is 0. The Morgan fingerprint density at radius 1 is 1.47 bits per heavy atom. The second-order valence-corrected chi connectivity index (χ2v) is 4.83. The summed E-state index contributed by atoms with van der Waals surface area (Å²) in [5.41, 5.74) is 0. The molecule has 0 aromatic carbocycles. The molecule has 2 saturated heterocycles. The molecule has 2 aliphatic heterocycles. The first-order valence-corrected chi connectivity index (χ1v) is 6.39. The molecule has 0 radical (unpaired) electrons. The molecule has 2 aliphatic rings. The molecule has 100 valence electrons. The number of halogens is 1. The van der Waals surface area contributed by atoms with Gasteiger partial charge in [0.2, 0.25) is 5.91 Å². The fourth-order valence-electron chi connectivity index (χ4n) is 2.53. The lowest BCUT2D eigenvalue weighted by Gasteiger charge is -2.35. The van der Waals surface area contributed by atoms with E-state index < -0.39 is 0 Å². The molecule has 0 aromatic heterocycles. The van der Waals surface area contributed by atoms with Crippen molar-refractivity contribution >= 4 is 18.3 Å². The topological polar surface area (TPSA) is 41.6 Å². The van der Waals surface area contributed by atoms with Gasteiger partial charge in [0.25, 0.3) is 0 Å². The maximum atomic E-state index is 12.1. The molecule has 2 atom stereocenters. The Labute approximate surface area is 109 Å². The van der Waals surface area contributed by atoms with Gasteiger partial charge in [-0.2, -0.15) is 0 Å². The van der Waals surface area contributed by atoms with E-state index >= 15 is 0 Å². The van der Waals surface area contributed by atoms with Crippen LogP contribution in [0.5, 0.6) is 0 Å². The number of piperidine rings is 1. The summed E-state index contributed by atoms with van der Waals surface area (Å²) in [6.07, 6.45) is 4.18. The van der Waals surface area contributed by atoms with Crippen molar-refractivity contribution in [3.63, 3.8) is 0 Å². The zero-order valence-corrected chi connectivity index (χ0v) is 11.3. The minimum Gasteiger partial charge on any atom is -0.375 e. The van der Waals surface area contributed by atoms with Crippen LogP contribution < -0.4 is 5.32 Å². The maximum Gasteiger partial charge on any atom is 0.225 e. The average Bonchev–Trinajstić information content (AvgIpc) is 2.31. The normalized spacial score (nSPS) is 29.6. The average molecular weight is 263 g/mol. The number of hydrogen-bond donors (Lipinski definition) is 1. The molecule has 5 heteroatoms. The molecule has 17 heavy (non-hydrogen) atoms. The number of nitrogens with one attached hydrogen (secondary N) is 1. The van der Waals surface area contributed by atoms with E-state index in [4.69, 9.17) is 4.74 Å². The van der Waals surface area contributed by atoms with Gasteiger partial charge < -0.3 is 15.0 Å². The quantitative estimate of drug-likeness (QED) is 0.813. The van der Waals surface area contributed by atoms with Crippen LogP contribution in [-0.4, -0.2) is 49.2 Å². The summed E-state index contributed by atoms with van der Waals surface area (Å²) in [4.78, 5) is 14.1. The van der Waals surface area contributed by atoms with Crippen LogP contribution >= 0.6 is 12.4 Å². The number of ether oxygens (including phenoxy) is 1. The summed E-state index contributed by atoms with van der Waals surface area (Å²) in [6.45, 7) is 5.53. The van der Waals surface area contributed by atoms with E-state index in [2.05, 4.69) is 12.2 Å². The predicted molar refractivity (Wildman–Crippen MR) is 69.5 cm³/mol. The van der Waals surface area contributed by atoms with Gasteiger partial charge in [-0.15, -0.1) is 12.4 Å². The Kier molecular flexibility index (Phi) is 6.23. The highest BCUT2D eigenvalue weighted by Crippen LogP contribution is 2.18. The highest BCUT2D eigenvalue weighted by atomic mass is 35.5. The van der Waals surface area contributed by atoms with Crippen LogP contribution in [0.2, 0.25) is 0 Å². The molecule has 0 saturated carbocycles. The standard InChI is InChI=1S/C12H22N2O2.ClH/c1-10-4-2-3-6-14(10)12(15)8-11-9-13-5-7-16-11;/h10-11,13H,2-9H2,1H3;1H. The Morgan fingerprint density at radius 3 is 2.94 bits per heavy atom. The van der Waals surface area contributed by atoms with Gasteiger partial charge in [0.15, 0.2) is 0 Å². The third kappa shape index (κ3) is 4.12. The third-order valence-corrected chi connectivity index (χ3v) is 3.53. The molecule has 0 aliphatic carbocycles. The SMILES string of the molecule is CC1CCCCN1C(=O)CC1CNCCO1.Cl. The van der Waals surface area contributed by atoms with Gasteiger partial charge in [-0.25, -0.2) is 0 Å². The number of rotatable bonds is 2. The smallest absolute Gasteiger partial charge is 0.225 e. The molecule has 2 fully saturated rings. The van der Waals surface area contributed by atoms with Crippen molar-refractivity contribution in [3.05, 3.63) is 0 Å². The van der Waals surface area contributed by atoms with Gasteiger partial charge in [-0.3, -0.25) is 4.79 Å². The van der Waals surface area contributed by atoms with Crippen molar-refractivity contribution in [2.24, 2.45) is 0 Å². The molecule has 2 unspecified atom stereocenters. The molecule has 0 bridgehead atoms. The van der Waals surface area contributed by atoms with Gasteiger partial charge in [-0.05, 0) is 26.2 Å². The first-order chi connectivity index (χ1) is 7.77. The first kappa shape index (κ1) is 14.7. The highest BCUT2D eigenvalue weighted by Gasteiger charge is 2.26. The number of likely N-dealkylation sites (tertiary alicyclic amines) is 1. The number of carbonyl (C=O) groups excluding carboxylic acids is 1. The Hall–Kier alpha value is -0.320. The van der Waals surface area contributed by atoms with Crippen molar-refractivity contribution in [2.45, 2.75) is 44.8 Å². The van der Waals surface area contributed by atoms with Crippen molar-refractivity contribution in [1.82, 2.24) is 10.2 Å². The Bertz CT molecular complexity index is 245. The molecule has 1 N–H and O–H groups in total. The lowest BCUT2D eigenvalue weighted by atomic mass is 10.0. The van der Waals surface area contributed by atoms with Crippen molar-refractivity contribution in [3.8, 4) is 0 Å². The van der Waals surface area contributed by atoms with Gasteiger partial charge >= 0.3 is 0 Å². The summed E-state index contributed by atoms with van der Waals surface area (Å²) in [7, 11) is 0. The third-order valence-electron chi connectivity index (χ3n) is 3.53. The molecule has 4 nitrogen and oxygen atoms in total. The molecule has 0 spiro atoms. The second kappa shape index (κ2) is 7.19.